The number of aliphatic hydroxyl groups is 2. The van der Waals surface area contributed by atoms with Crippen LogP contribution < -0.4 is 0 Å². The maximum absolute atomic E-state index is 12.7. The van der Waals surface area contributed by atoms with Gasteiger partial charge in [-0.25, -0.2) is 0 Å². The van der Waals surface area contributed by atoms with Crippen molar-refractivity contribution in [3.8, 4) is 0 Å². The van der Waals surface area contributed by atoms with E-state index in [0.717, 1.165) is 51.5 Å². The van der Waals surface area contributed by atoms with Crippen molar-refractivity contribution in [2.75, 3.05) is 13.1 Å². The molecule has 2 heterocycles. The highest BCUT2D eigenvalue weighted by atomic mass is 32.2. The van der Waals surface area contributed by atoms with Gasteiger partial charge in [0.2, 0.25) is 0 Å². The third kappa shape index (κ3) is 4.82. The van der Waals surface area contributed by atoms with E-state index < -0.39 is 11.2 Å². The van der Waals surface area contributed by atoms with Crippen LogP contribution in [-0.4, -0.2) is 33.5 Å². The fraction of sp³-hybridized carbons (Fsp3) is 0.231. The standard InChI is InChI=1S/C39H35NO2S2/c1-27(38(41)30-17-7-11-21-34(30)43-35-22-12-8-18-31(35)38)25-40(29-15-5-3-4-6-16-29)26-28(2)39(42)32-19-9-13-23-36(32)44-37-24-14-10-20-33(37)39/h3,5-11,13,15-21,23,32,36,41-42H,1-2,4,12,22,25-26H2. The molecule has 3 aliphatic carbocycles. The molecule has 5 aliphatic rings. The molecule has 0 fully saturated rings. The van der Waals surface area contributed by atoms with Crippen LogP contribution in [0.5, 0.6) is 0 Å². The molecule has 0 radical (unpaired) electrons. The van der Waals surface area contributed by atoms with Gasteiger partial charge in [-0.15, -0.1) is 11.8 Å². The number of fused-ring (bicyclic) bond motifs is 3. The fourth-order valence-electron chi connectivity index (χ4n) is 6.88. The van der Waals surface area contributed by atoms with Crippen LogP contribution in [0.15, 0.2) is 154 Å². The van der Waals surface area contributed by atoms with E-state index in [-0.39, 0.29) is 11.2 Å². The molecule has 4 unspecified atom stereocenters. The Bertz CT molecular complexity index is 1740. The van der Waals surface area contributed by atoms with Gasteiger partial charge in [0.1, 0.15) is 11.2 Å². The summed E-state index contributed by atoms with van der Waals surface area (Å²) in [5.41, 5.74) is 2.32. The monoisotopic (exact) mass is 613 g/mol. The normalized spacial score (nSPS) is 27.7. The van der Waals surface area contributed by atoms with Crippen molar-refractivity contribution in [2.24, 2.45) is 5.92 Å². The van der Waals surface area contributed by atoms with E-state index in [0.29, 0.717) is 24.2 Å². The SMILES string of the molecule is C=C(CN(CC(=C)C1(O)c2ccc#cc2SC2C=CC=CC21)C1=CC=CCC=C1)C1(O)C2=C(CCC=C2)Sc2ccccc21. The van der Waals surface area contributed by atoms with Gasteiger partial charge in [0, 0.05) is 51.5 Å². The van der Waals surface area contributed by atoms with E-state index in [2.05, 4.69) is 90.9 Å². The van der Waals surface area contributed by atoms with Gasteiger partial charge in [0.05, 0.1) is 4.90 Å². The summed E-state index contributed by atoms with van der Waals surface area (Å²) < 4.78 is 0. The number of thioether (sulfide) groups is 2. The minimum atomic E-state index is -1.34. The molecule has 2 N–H and O–H groups in total. The van der Waals surface area contributed by atoms with Crippen LogP contribution in [0.2, 0.25) is 0 Å². The van der Waals surface area contributed by atoms with E-state index in [1.54, 1.807) is 23.5 Å². The zero-order chi connectivity index (χ0) is 30.3. The molecule has 220 valence electrons. The molecule has 3 nitrogen and oxygen atoms in total. The first-order valence-electron chi connectivity index (χ1n) is 15.1. The van der Waals surface area contributed by atoms with Crippen LogP contribution in [0.25, 0.3) is 0 Å². The van der Waals surface area contributed by atoms with Gasteiger partial charge >= 0.3 is 0 Å². The first-order valence-corrected chi connectivity index (χ1v) is 16.8. The minimum Gasteiger partial charge on any atom is -0.380 e. The number of benzene rings is 1. The molecular formula is C39H35NO2S2. The second-order valence-corrected chi connectivity index (χ2v) is 14.1. The summed E-state index contributed by atoms with van der Waals surface area (Å²) in [7, 11) is 0. The van der Waals surface area contributed by atoms with Crippen LogP contribution in [0, 0.1) is 18.1 Å². The van der Waals surface area contributed by atoms with Crippen molar-refractivity contribution in [2.45, 2.75) is 45.5 Å². The van der Waals surface area contributed by atoms with Crippen molar-refractivity contribution < 1.29 is 10.2 Å². The van der Waals surface area contributed by atoms with Crippen molar-refractivity contribution in [1.82, 2.24) is 4.90 Å². The molecule has 0 aromatic heterocycles. The van der Waals surface area contributed by atoms with E-state index in [9.17, 15) is 10.2 Å². The summed E-state index contributed by atoms with van der Waals surface area (Å²) in [4.78, 5) is 5.37. The minimum absolute atomic E-state index is 0.0602. The molecular weight excluding hydrogens is 579 g/mol. The average Bonchev–Trinajstić information content (AvgIpc) is 3.34. The summed E-state index contributed by atoms with van der Waals surface area (Å²) in [5, 5.41) is 25.5. The topological polar surface area (TPSA) is 43.7 Å². The zero-order valence-corrected chi connectivity index (χ0v) is 26.2. The first kappa shape index (κ1) is 29.1. The quantitative estimate of drug-likeness (QED) is 0.309. The maximum Gasteiger partial charge on any atom is 0.139 e. The van der Waals surface area contributed by atoms with Crippen LogP contribution >= 0.6 is 23.5 Å². The third-order valence-corrected chi connectivity index (χ3v) is 11.7. The van der Waals surface area contributed by atoms with E-state index in [1.165, 1.54) is 4.91 Å². The maximum atomic E-state index is 12.7. The number of hydrogen-bond acceptors (Lipinski definition) is 5. The van der Waals surface area contributed by atoms with Crippen LogP contribution in [-0.2, 0) is 11.2 Å². The lowest BCUT2D eigenvalue weighted by molar-refractivity contribution is 0.0240. The second kappa shape index (κ2) is 11.7. The van der Waals surface area contributed by atoms with E-state index >= 15 is 0 Å². The van der Waals surface area contributed by atoms with E-state index in [1.807, 2.05) is 42.5 Å². The van der Waals surface area contributed by atoms with Gasteiger partial charge in [-0.3, -0.25) is 0 Å². The van der Waals surface area contributed by atoms with Crippen LogP contribution in [0.1, 0.15) is 30.4 Å². The highest BCUT2D eigenvalue weighted by Crippen LogP contribution is 2.54. The smallest absolute Gasteiger partial charge is 0.139 e. The third-order valence-electron chi connectivity index (χ3n) is 9.16. The molecule has 0 saturated heterocycles. The van der Waals surface area contributed by atoms with Gasteiger partial charge in [0.15, 0.2) is 0 Å². The number of rotatable bonds is 7. The van der Waals surface area contributed by atoms with Gasteiger partial charge in [-0.05, 0) is 65.7 Å². The van der Waals surface area contributed by atoms with Gasteiger partial charge in [0.25, 0.3) is 0 Å². The van der Waals surface area contributed by atoms with Crippen molar-refractivity contribution in [3.63, 3.8) is 0 Å². The largest absolute Gasteiger partial charge is 0.380 e. The summed E-state index contributed by atoms with van der Waals surface area (Å²) in [5.74, 6) is -0.177. The van der Waals surface area contributed by atoms with Gasteiger partial charge in [-0.1, -0.05) is 110 Å². The molecule has 2 aromatic rings. The Morgan fingerprint density at radius 2 is 1.80 bits per heavy atom. The summed E-state index contributed by atoms with van der Waals surface area (Å²) in [6.45, 7) is 9.89. The van der Waals surface area contributed by atoms with Crippen molar-refractivity contribution >= 4 is 23.5 Å². The van der Waals surface area contributed by atoms with Crippen molar-refractivity contribution in [3.05, 3.63) is 167 Å². The highest BCUT2D eigenvalue weighted by Gasteiger charge is 2.49. The Balaban J connectivity index is 1.27. The molecule has 44 heavy (non-hydrogen) atoms. The zero-order valence-electron chi connectivity index (χ0n) is 24.6. The fourth-order valence-corrected chi connectivity index (χ4v) is 9.51. The molecule has 7 rings (SSSR count). The van der Waals surface area contributed by atoms with Gasteiger partial charge < -0.3 is 15.1 Å². The Morgan fingerprint density at radius 1 is 0.955 bits per heavy atom. The molecule has 4 atom stereocenters. The van der Waals surface area contributed by atoms with Gasteiger partial charge in [-0.2, -0.15) is 0 Å². The number of nitrogens with zero attached hydrogens (tertiary/aromatic N) is 1. The average molecular weight is 614 g/mol. The molecule has 5 heteroatoms. The number of hydrogen-bond donors (Lipinski definition) is 2. The Kier molecular flexibility index (Phi) is 7.72. The summed E-state index contributed by atoms with van der Waals surface area (Å²) in [6.07, 6.45) is 25.8. The first-order chi connectivity index (χ1) is 21.4. The Labute approximate surface area is 269 Å². The Hall–Kier alpha value is -3.66. The number of allylic oxidation sites excluding steroid dienone is 9. The predicted octanol–water partition coefficient (Wildman–Crippen LogP) is 8.10. The van der Waals surface area contributed by atoms with E-state index in [4.69, 9.17) is 0 Å². The summed E-state index contributed by atoms with van der Waals surface area (Å²) >= 11 is 3.47. The molecule has 0 saturated carbocycles. The lowest BCUT2D eigenvalue weighted by atomic mass is 9.72. The lowest BCUT2D eigenvalue weighted by Gasteiger charge is -2.46. The van der Waals surface area contributed by atoms with Crippen molar-refractivity contribution in [1.29, 1.82) is 0 Å². The molecule has 2 aromatic carbocycles. The Morgan fingerprint density at radius 3 is 2.70 bits per heavy atom. The molecule has 0 bridgehead atoms. The molecule has 2 aliphatic heterocycles. The lowest BCUT2D eigenvalue weighted by Crippen LogP contribution is -2.47. The summed E-state index contributed by atoms with van der Waals surface area (Å²) in [6, 6.07) is 18.2. The molecule has 0 amide bonds. The van der Waals surface area contributed by atoms with Crippen LogP contribution in [0.4, 0.5) is 0 Å². The molecule has 0 spiro atoms. The predicted molar refractivity (Wildman–Crippen MR) is 182 cm³/mol. The highest BCUT2D eigenvalue weighted by molar-refractivity contribution is 8.03. The second-order valence-electron chi connectivity index (χ2n) is 11.8. The van der Waals surface area contributed by atoms with Crippen LogP contribution in [0.3, 0.4) is 0 Å².